The largest absolute Gasteiger partial charge is 0.443 e. The number of hydrogen-bond acceptors (Lipinski definition) is 8. The molecule has 0 spiro atoms. The van der Waals surface area contributed by atoms with E-state index >= 15 is 0 Å². The third-order valence-corrected chi connectivity index (χ3v) is 8.81. The molecule has 2 aliphatic carbocycles. The van der Waals surface area contributed by atoms with Gasteiger partial charge < -0.3 is 35.0 Å². The van der Waals surface area contributed by atoms with Gasteiger partial charge in [-0.1, -0.05) is 26.8 Å². The fourth-order valence-electron chi connectivity index (χ4n) is 6.95. The quantitative estimate of drug-likeness (QED) is 0.431. The minimum atomic E-state index is -2.22. The zero-order valence-electron chi connectivity index (χ0n) is 21.6. The minimum absolute atomic E-state index is 0.151. The molecule has 4 N–H and O–H groups in total. The maximum atomic E-state index is 13.7. The lowest BCUT2D eigenvalue weighted by Crippen LogP contribution is -2.86. The number of nitrogens with one attached hydrogen (secondary N) is 1. The van der Waals surface area contributed by atoms with E-state index in [4.69, 9.17) is 9.47 Å². The van der Waals surface area contributed by atoms with Crippen molar-refractivity contribution >= 4 is 11.9 Å². The van der Waals surface area contributed by atoms with Gasteiger partial charge in [0.2, 0.25) is 0 Å². The number of alkyl carbamates (subject to hydrolysis) is 1. The highest BCUT2D eigenvalue weighted by Gasteiger charge is 2.81. The van der Waals surface area contributed by atoms with Crippen molar-refractivity contribution < 1.29 is 34.4 Å². The summed E-state index contributed by atoms with van der Waals surface area (Å²) in [6, 6.07) is 0. The summed E-state index contributed by atoms with van der Waals surface area (Å²) in [5.74, 6) is -1.25. The number of likely N-dealkylation sites (N-methyl/N-ethyl adjacent to an activating group) is 1. The molecule has 0 unspecified atom stereocenters. The summed E-state index contributed by atoms with van der Waals surface area (Å²) in [5.41, 5.74) is -7.24. The number of amides is 1. The van der Waals surface area contributed by atoms with Crippen LogP contribution in [0, 0.1) is 16.7 Å². The van der Waals surface area contributed by atoms with Crippen LogP contribution in [0.25, 0.3) is 0 Å². The Balaban J connectivity index is 2.13. The standard InChI is InChI=1S/C25H42N2O7/c1-9-22(4)14-16(29)25(32)23(5)15(28)10-11-21(2,3)18(23)17(19(30)24(25,6)34-22)33-20(31)26-12-13-27(7)8/h9,15,17-19,28,30,32H,1,10-14H2,2-8H3,(H,26,31)/t15-,17-,18-,19-,22-,23-,24+,25-/m0/s1. The van der Waals surface area contributed by atoms with Gasteiger partial charge in [-0.15, -0.1) is 6.58 Å². The molecule has 1 amide bonds. The van der Waals surface area contributed by atoms with E-state index in [0.29, 0.717) is 25.9 Å². The number of carbonyl (C=O) groups is 2. The number of hydrogen-bond donors (Lipinski definition) is 4. The molecule has 3 aliphatic rings. The molecule has 2 saturated carbocycles. The molecule has 1 aliphatic heterocycles. The number of carbonyl (C=O) groups excluding carboxylic acids is 2. The van der Waals surface area contributed by atoms with Gasteiger partial charge in [0.25, 0.3) is 0 Å². The van der Waals surface area contributed by atoms with E-state index in [1.165, 1.54) is 13.0 Å². The van der Waals surface area contributed by atoms with Crippen LogP contribution in [0.3, 0.4) is 0 Å². The number of Topliss-reactive ketones (excluding diaryl/α,β-unsaturated/α-hetero) is 1. The van der Waals surface area contributed by atoms with Crippen molar-refractivity contribution in [2.24, 2.45) is 16.7 Å². The first-order chi connectivity index (χ1) is 15.5. The molecule has 8 atom stereocenters. The van der Waals surface area contributed by atoms with Crippen molar-refractivity contribution in [3.63, 3.8) is 0 Å². The van der Waals surface area contributed by atoms with Gasteiger partial charge in [-0.3, -0.25) is 4.79 Å². The van der Waals surface area contributed by atoms with Gasteiger partial charge in [-0.25, -0.2) is 4.79 Å². The van der Waals surface area contributed by atoms with Gasteiger partial charge in [-0.05, 0) is 46.2 Å². The first-order valence-corrected chi connectivity index (χ1v) is 12.0. The van der Waals surface area contributed by atoms with Crippen LogP contribution >= 0.6 is 0 Å². The summed E-state index contributed by atoms with van der Waals surface area (Å²) >= 11 is 0. The van der Waals surface area contributed by atoms with Crippen molar-refractivity contribution in [1.29, 1.82) is 0 Å². The van der Waals surface area contributed by atoms with Crippen molar-refractivity contribution in [3.8, 4) is 0 Å². The van der Waals surface area contributed by atoms with E-state index in [0.717, 1.165) is 0 Å². The highest BCUT2D eigenvalue weighted by molar-refractivity contribution is 5.92. The lowest BCUT2D eigenvalue weighted by molar-refractivity contribution is -0.369. The Bertz CT molecular complexity index is 847. The summed E-state index contributed by atoms with van der Waals surface area (Å²) in [6.07, 6.45) is -2.23. The average Bonchev–Trinajstić information content (AvgIpc) is 2.72. The van der Waals surface area contributed by atoms with Crippen LogP contribution < -0.4 is 5.32 Å². The second kappa shape index (κ2) is 8.55. The molecule has 0 aromatic rings. The van der Waals surface area contributed by atoms with E-state index < -0.39 is 63.7 Å². The predicted molar refractivity (Wildman–Crippen MR) is 126 cm³/mol. The highest BCUT2D eigenvalue weighted by Crippen LogP contribution is 2.67. The summed E-state index contributed by atoms with van der Waals surface area (Å²) in [5, 5.41) is 38.0. The van der Waals surface area contributed by atoms with Crippen LogP contribution in [0.4, 0.5) is 4.79 Å². The highest BCUT2D eigenvalue weighted by atomic mass is 16.6. The Kier molecular flexibility index (Phi) is 6.81. The molecule has 0 aromatic heterocycles. The van der Waals surface area contributed by atoms with E-state index in [1.54, 1.807) is 13.8 Å². The number of nitrogens with zero attached hydrogens (tertiary/aromatic N) is 1. The van der Waals surface area contributed by atoms with Gasteiger partial charge in [-0.2, -0.15) is 0 Å². The average molecular weight is 483 g/mol. The molecule has 3 rings (SSSR count). The number of aliphatic hydroxyl groups is 3. The topological polar surface area (TPSA) is 129 Å². The van der Waals surface area contributed by atoms with Crippen molar-refractivity contribution in [1.82, 2.24) is 10.2 Å². The van der Waals surface area contributed by atoms with Crippen LogP contribution in [0.2, 0.25) is 0 Å². The first kappa shape index (κ1) is 27.1. The van der Waals surface area contributed by atoms with E-state index in [2.05, 4.69) is 11.9 Å². The summed E-state index contributed by atoms with van der Waals surface area (Å²) in [7, 11) is 3.76. The maximum absolute atomic E-state index is 13.7. The molecule has 0 bridgehead atoms. The molecule has 3 fully saturated rings. The molecule has 9 nitrogen and oxygen atoms in total. The van der Waals surface area contributed by atoms with Gasteiger partial charge >= 0.3 is 6.09 Å². The van der Waals surface area contributed by atoms with Crippen molar-refractivity contribution in [2.75, 3.05) is 27.2 Å². The first-order valence-electron chi connectivity index (χ1n) is 12.0. The Labute approximate surface area is 202 Å². The summed E-state index contributed by atoms with van der Waals surface area (Å²) in [6.45, 7) is 13.4. The third kappa shape index (κ3) is 3.71. The normalized spacial score (nSPS) is 45.8. The fourth-order valence-corrected chi connectivity index (χ4v) is 6.95. The molecule has 0 radical (unpaired) electrons. The fraction of sp³-hybridized carbons (Fsp3) is 0.840. The summed E-state index contributed by atoms with van der Waals surface area (Å²) in [4.78, 5) is 28.4. The molecule has 194 valence electrons. The monoisotopic (exact) mass is 482 g/mol. The van der Waals surface area contributed by atoms with Crippen LogP contribution in [-0.4, -0.2) is 94.4 Å². The van der Waals surface area contributed by atoms with Crippen LogP contribution in [0.1, 0.15) is 53.9 Å². The molecular formula is C25H42N2O7. The van der Waals surface area contributed by atoms with Crippen LogP contribution in [-0.2, 0) is 14.3 Å². The van der Waals surface area contributed by atoms with Gasteiger partial charge in [0, 0.05) is 30.8 Å². The maximum Gasteiger partial charge on any atom is 0.407 e. The Hall–Kier alpha value is -1.52. The number of aliphatic hydroxyl groups excluding tert-OH is 2. The van der Waals surface area contributed by atoms with Crippen LogP contribution in [0.5, 0.6) is 0 Å². The minimum Gasteiger partial charge on any atom is -0.443 e. The number of rotatable bonds is 5. The molecule has 34 heavy (non-hydrogen) atoms. The van der Waals surface area contributed by atoms with Crippen molar-refractivity contribution in [2.45, 2.75) is 89.0 Å². The Morgan fingerprint density at radius 2 is 1.88 bits per heavy atom. The zero-order chi connectivity index (χ0) is 25.9. The van der Waals surface area contributed by atoms with E-state index in [-0.39, 0.29) is 6.42 Å². The number of fused-ring (bicyclic) bond motifs is 3. The lowest BCUT2D eigenvalue weighted by Gasteiger charge is -2.71. The smallest absolute Gasteiger partial charge is 0.407 e. The number of ether oxygens (including phenoxy) is 2. The third-order valence-electron chi connectivity index (χ3n) is 8.81. The van der Waals surface area contributed by atoms with Gasteiger partial charge in [0.05, 0.1) is 11.7 Å². The van der Waals surface area contributed by atoms with Crippen molar-refractivity contribution in [3.05, 3.63) is 12.7 Å². The molecule has 1 heterocycles. The molecule has 0 aromatic carbocycles. The van der Waals surface area contributed by atoms with Gasteiger partial charge in [0.1, 0.15) is 17.8 Å². The Morgan fingerprint density at radius 1 is 1.26 bits per heavy atom. The zero-order valence-corrected chi connectivity index (χ0v) is 21.6. The Morgan fingerprint density at radius 3 is 2.44 bits per heavy atom. The van der Waals surface area contributed by atoms with E-state index in [9.17, 15) is 24.9 Å². The summed E-state index contributed by atoms with van der Waals surface area (Å²) < 4.78 is 12.1. The SMILES string of the molecule is C=C[C@@]1(C)CC(=O)[C@]2(O)[C@@]3(C)[C@@H](O)CCC(C)(C)[C@@H]3[C@H](OC(=O)NCCN(C)C)[C@H](O)[C@@]2(C)O1. The van der Waals surface area contributed by atoms with Crippen LogP contribution in [0.15, 0.2) is 12.7 Å². The molecule has 9 heteroatoms. The molecule has 1 saturated heterocycles. The lowest BCUT2D eigenvalue weighted by atomic mass is 9.40. The van der Waals surface area contributed by atoms with E-state index in [1.807, 2.05) is 32.8 Å². The second-order valence-electron chi connectivity index (χ2n) is 11.9. The predicted octanol–water partition coefficient (Wildman–Crippen LogP) is 1.24. The second-order valence-corrected chi connectivity index (χ2v) is 11.9. The molecular weight excluding hydrogens is 440 g/mol. The van der Waals surface area contributed by atoms with Gasteiger partial charge in [0.15, 0.2) is 11.4 Å². The number of ketones is 1.